The number of esters is 1. The van der Waals surface area contributed by atoms with E-state index in [1.165, 1.54) is 26.4 Å². The van der Waals surface area contributed by atoms with Gasteiger partial charge in [0.1, 0.15) is 6.10 Å². The van der Waals surface area contributed by atoms with Gasteiger partial charge in [0.05, 0.1) is 19.6 Å². The van der Waals surface area contributed by atoms with Gasteiger partial charge in [-0.05, 0) is 51.0 Å². The van der Waals surface area contributed by atoms with Crippen molar-refractivity contribution in [3.8, 4) is 5.88 Å². The van der Waals surface area contributed by atoms with Crippen molar-refractivity contribution in [3.63, 3.8) is 0 Å². The summed E-state index contributed by atoms with van der Waals surface area (Å²) in [4.78, 5) is 23.2. The number of pyridine rings is 1. The molecule has 0 radical (unpaired) electrons. The molecule has 1 aliphatic carbocycles. The van der Waals surface area contributed by atoms with Crippen molar-refractivity contribution in [2.24, 2.45) is 10.9 Å². The molecule has 1 saturated heterocycles. The number of halogens is 1. The first-order chi connectivity index (χ1) is 14.2. The average Bonchev–Trinajstić information content (AvgIpc) is 2.78. The molecule has 0 bridgehead atoms. The molecule has 0 unspecified atom stereocenters. The summed E-state index contributed by atoms with van der Waals surface area (Å²) in [5, 5.41) is 3.36. The molecule has 0 amide bonds. The van der Waals surface area contributed by atoms with Gasteiger partial charge in [-0.1, -0.05) is 12.5 Å². The van der Waals surface area contributed by atoms with Crippen molar-refractivity contribution in [1.82, 2.24) is 15.2 Å². The van der Waals surface area contributed by atoms with E-state index in [-0.39, 0.29) is 35.9 Å². The third-order valence-corrected chi connectivity index (χ3v) is 5.71. The third-order valence-electron chi connectivity index (χ3n) is 5.71. The van der Waals surface area contributed by atoms with Crippen LogP contribution in [0.1, 0.15) is 57.4 Å². The topological polar surface area (TPSA) is 76.1 Å². The van der Waals surface area contributed by atoms with Crippen LogP contribution in [-0.4, -0.2) is 54.7 Å². The number of carbonyl (C=O) groups excluding carboxylic acids is 1. The maximum Gasteiger partial charge on any atom is 0.308 e. The number of guanidine groups is 1. The molecule has 7 nitrogen and oxygen atoms in total. The zero-order chi connectivity index (χ0) is 20.5. The standard InChI is InChI=1S/C22H34N4O3.HI/c1-3-23-22(26-13-11-18(12-14-26)21(27)28-2)25-16-17-9-10-20(24-15-17)29-19-7-5-4-6-8-19;/h9-10,15,18-19H,3-8,11-14,16H2,1-2H3,(H,23,25);1H. The van der Waals surface area contributed by atoms with Gasteiger partial charge < -0.3 is 19.7 Å². The number of carbonyl (C=O) groups is 1. The number of hydrogen-bond donors (Lipinski definition) is 1. The highest BCUT2D eigenvalue weighted by molar-refractivity contribution is 14.0. The minimum Gasteiger partial charge on any atom is -0.474 e. The summed E-state index contributed by atoms with van der Waals surface area (Å²) < 4.78 is 10.9. The molecule has 2 aliphatic rings. The van der Waals surface area contributed by atoms with Crippen LogP contribution in [0.3, 0.4) is 0 Å². The molecule has 3 rings (SSSR count). The zero-order valence-corrected chi connectivity index (χ0v) is 20.5. The second kappa shape index (κ2) is 13.0. The van der Waals surface area contributed by atoms with E-state index in [1.807, 2.05) is 18.3 Å². The van der Waals surface area contributed by atoms with Crippen LogP contribution in [0.5, 0.6) is 5.88 Å². The molecule has 1 N–H and O–H groups in total. The lowest BCUT2D eigenvalue weighted by molar-refractivity contribution is -0.146. The summed E-state index contributed by atoms with van der Waals surface area (Å²) in [5.41, 5.74) is 1.06. The summed E-state index contributed by atoms with van der Waals surface area (Å²) in [7, 11) is 1.46. The molecule has 2 heterocycles. The van der Waals surface area contributed by atoms with Crippen LogP contribution in [0.15, 0.2) is 23.3 Å². The number of rotatable bonds is 6. The van der Waals surface area contributed by atoms with Crippen molar-refractivity contribution in [2.75, 3.05) is 26.7 Å². The lowest BCUT2D eigenvalue weighted by atomic mass is 9.97. The molecule has 1 saturated carbocycles. The summed E-state index contributed by atoms with van der Waals surface area (Å²) >= 11 is 0. The molecule has 168 valence electrons. The third kappa shape index (κ3) is 7.28. The zero-order valence-electron chi connectivity index (χ0n) is 18.1. The Bertz CT molecular complexity index is 669. The molecular weight excluding hydrogens is 495 g/mol. The van der Waals surface area contributed by atoms with Crippen molar-refractivity contribution < 1.29 is 14.3 Å². The fourth-order valence-electron chi connectivity index (χ4n) is 4.01. The summed E-state index contributed by atoms with van der Waals surface area (Å²) in [5.74, 6) is 1.49. The predicted molar refractivity (Wildman–Crippen MR) is 128 cm³/mol. The van der Waals surface area contributed by atoms with Gasteiger partial charge in [-0.3, -0.25) is 4.79 Å². The second-order valence-corrected chi connectivity index (χ2v) is 7.84. The van der Waals surface area contributed by atoms with Crippen molar-refractivity contribution >= 4 is 35.9 Å². The smallest absolute Gasteiger partial charge is 0.308 e. The lowest BCUT2D eigenvalue weighted by Crippen LogP contribution is -2.46. The molecular formula is C22H35IN4O3. The highest BCUT2D eigenvalue weighted by atomic mass is 127. The quantitative estimate of drug-likeness (QED) is 0.261. The van der Waals surface area contributed by atoms with Gasteiger partial charge >= 0.3 is 5.97 Å². The molecule has 30 heavy (non-hydrogen) atoms. The minimum atomic E-state index is -0.104. The van der Waals surface area contributed by atoms with Crippen molar-refractivity contribution in [3.05, 3.63) is 23.9 Å². The van der Waals surface area contributed by atoms with E-state index in [2.05, 4.69) is 22.1 Å². The van der Waals surface area contributed by atoms with Gasteiger partial charge in [-0.25, -0.2) is 9.98 Å². The van der Waals surface area contributed by atoms with Gasteiger partial charge in [0.2, 0.25) is 5.88 Å². The number of nitrogens with one attached hydrogen (secondary N) is 1. The Morgan fingerprint density at radius 2 is 1.93 bits per heavy atom. The average molecular weight is 530 g/mol. The van der Waals surface area contributed by atoms with Crippen LogP contribution in [-0.2, 0) is 16.1 Å². The summed E-state index contributed by atoms with van der Waals surface area (Å²) in [6.45, 7) is 5.05. The normalized spacial score (nSPS) is 18.5. The largest absolute Gasteiger partial charge is 0.474 e. The van der Waals surface area contributed by atoms with Crippen molar-refractivity contribution in [1.29, 1.82) is 0 Å². The second-order valence-electron chi connectivity index (χ2n) is 7.84. The van der Waals surface area contributed by atoms with Gasteiger partial charge in [0, 0.05) is 31.9 Å². The molecule has 1 aromatic heterocycles. The Labute approximate surface area is 197 Å². The monoisotopic (exact) mass is 530 g/mol. The van der Waals surface area contributed by atoms with Gasteiger partial charge in [-0.15, -0.1) is 24.0 Å². The van der Waals surface area contributed by atoms with E-state index >= 15 is 0 Å². The van der Waals surface area contributed by atoms with Crippen LogP contribution in [0.25, 0.3) is 0 Å². The first-order valence-corrected chi connectivity index (χ1v) is 10.9. The SMILES string of the molecule is CCNC(=NCc1ccc(OC2CCCCC2)nc1)N1CCC(C(=O)OC)CC1.I. The van der Waals surface area contributed by atoms with E-state index in [4.69, 9.17) is 14.5 Å². The lowest BCUT2D eigenvalue weighted by Gasteiger charge is -2.33. The number of likely N-dealkylation sites (tertiary alicyclic amines) is 1. The van der Waals surface area contributed by atoms with Crippen molar-refractivity contribution in [2.45, 2.75) is 64.5 Å². The molecule has 0 spiro atoms. The fraction of sp³-hybridized carbons (Fsp3) is 0.682. The molecule has 0 atom stereocenters. The Hall–Kier alpha value is -1.58. The fourth-order valence-corrected chi connectivity index (χ4v) is 4.01. The Morgan fingerprint density at radius 1 is 1.20 bits per heavy atom. The first kappa shape index (κ1) is 24.7. The number of ether oxygens (including phenoxy) is 2. The Balaban J connectivity index is 0.00000320. The molecule has 8 heteroatoms. The van der Waals surface area contributed by atoms with Crippen LogP contribution >= 0.6 is 24.0 Å². The van der Waals surface area contributed by atoms with Gasteiger partial charge in [-0.2, -0.15) is 0 Å². The summed E-state index contributed by atoms with van der Waals surface area (Å²) in [6.07, 6.45) is 9.85. The number of methoxy groups -OCH3 is 1. The van der Waals surface area contributed by atoms with E-state index in [9.17, 15) is 4.79 Å². The first-order valence-electron chi connectivity index (χ1n) is 10.9. The molecule has 0 aromatic carbocycles. The number of hydrogen-bond acceptors (Lipinski definition) is 5. The van der Waals surface area contributed by atoms with Crippen LogP contribution in [0.2, 0.25) is 0 Å². The highest BCUT2D eigenvalue weighted by Gasteiger charge is 2.27. The predicted octanol–water partition coefficient (Wildman–Crippen LogP) is 3.76. The number of aromatic nitrogens is 1. The van der Waals surface area contributed by atoms with Gasteiger partial charge in [0.15, 0.2) is 5.96 Å². The van der Waals surface area contributed by atoms with E-state index in [0.717, 1.165) is 56.8 Å². The van der Waals surface area contributed by atoms with E-state index in [1.54, 1.807) is 0 Å². The Kier molecular flexibility index (Phi) is 10.7. The van der Waals surface area contributed by atoms with E-state index < -0.39 is 0 Å². The molecule has 1 aromatic rings. The van der Waals surface area contributed by atoms with Crippen LogP contribution in [0, 0.1) is 5.92 Å². The van der Waals surface area contributed by atoms with E-state index in [0.29, 0.717) is 18.5 Å². The van der Waals surface area contributed by atoms with Gasteiger partial charge in [0.25, 0.3) is 0 Å². The maximum atomic E-state index is 11.7. The minimum absolute atomic E-state index is 0. The van der Waals surface area contributed by atoms with Crippen LogP contribution < -0.4 is 10.1 Å². The number of aliphatic imine (C=N–C) groups is 1. The van der Waals surface area contributed by atoms with Crippen LogP contribution in [0.4, 0.5) is 0 Å². The number of nitrogens with zero attached hydrogens (tertiary/aromatic N) is 3. The highest BCUT2D eigenvalue weighted by Crippen LogP contribution is 2.22. The summed E-state index contributed by atoms with van der Waals surface area (Å²) in [6, 6.07) is 4.00. The number of piperidine rings is 1. The molecule has 2 fully saturated rings. The molecule has 1 aliphatic heterocycles. The Morgan fingerprint density at radius 3 is 2.53 bits per heavy atom. The maximum absolute atomic E-state index is 11.7.